The molecule has 0 radical (unpaired) electrons. The van der Waals surface area contributed by atoms with E-state index in [1.807, 2.05) is 18.5 Å². The van der Waals surface area contributed by atoms with Gasteiger partial charge in [-0.05, 0) is 44.0 Å². The van der Waals surface area contributed by atoms with E-state index in [0.717, 1.165) is 34.6 Å². The number of aliphatic carboxylic acids is 1. The number of fused-ring (bicyclic) bond motifs is 1. The summed E-state index contributed by atoms with van der Waals surface area (Å²) in [5.74, 6) is -1.42. The first kappa shape index (κ1) is 26.9. The van der Waals surface area contributed by atoms with Crippen LogP contribution in [0.4, 0.5) is 4.39 Å². The summed E-state index contributed by atoms with van der Waals surface area (Å²) in [6.07, 6.45) is 11.4. The van der Waals surface area contributed by atoms with Crippen LogP contribution < -0.4 is 5.73 Å². The van der Waals surface area contributed by atoms with Crippen molar-refractivity contribution in [2.75, 3.05) is 6.54 Å². The van der Waals surface area contributed by atoms with Gasteiger partial charge in [0, 0.05) is 32.8 Å². The Morgan fingerprint density at radius 1 is 1.13 bits per heavy atom. The first-order chi connectivity index (χ1) is 18.4. The molecule has 3 heterocycles. The van der Waals surface area contributed by atoms with Crippen LogP contribution in [0, 0.1) is 35.4 Å². The molecule has 1 saturated carbocycles. The molecule has 0 spiro atoms. The molecule has 3 N–H and O–H groups in total. The van der Waals surface area contributed by atoms with Gasteiger partial charge in [0.2, 0.25) is 0 Å². The van der Waals surface area contributed by atoms with Crippen molar-refractivity contribution in [1.82, 2.24) is 19.4 Å². The largest absolute Gasteiger partial charge is 0.480 e. The van der Waals surface area contributed by atoms with Gasteiger partial charge in [0.15, 0.2) is 0 Å². The number of carboxylic acids is 1. The zero-order valence-electron chi connectivity index (χ0n) is 20.8. The van der Waals surface area contributed by atoms with Gasteiger partial charge in [-0.25, -0.2) is 8.91 Å². The third-order valence-corrected chi connectivity index (χ3v) is 7.54. The van der Waals surface area contributed by atoms with Gasteiger partial charge in [-0.1, -0.05) is 31.0 Å². The van der Waals surface area contributed by atoms with Crippen molar-refractivity contribution in [3.8, 4) is 23.3 Å². The van der Waals surface area contributed by atoms with Crippen molar-refractivity contribution >= 4 is 23.2 Å². The summed E-state index contributed by atoms with van der Waals surface area (Å²) in [6.45, 7) is 1.81. The third-order valence-electron chi connectivity index (χ3n) is 6.43. The molecule has 0 bridgehead atoms. The van der Waals surface area contributed by atoms with Crippen molar-refractivity contribution in [3.63, 3.8) is 0 Å². The predicted octanol–water partition coefficient (Wildman–Crippen LogP) is 5.07. The Kier molecular flexibility index (Phi) is 8.41. The Hall–Kier alpha value is -4.19. The molecule has 5 rings (SSSR count). The topological polar surface area (TPSA) is 146 Å². The number of benzene rings is 1. The van der Waals surface area contributed by atoms with Crippen molar-refractivity contribution in [2.45, 2.75) is 54.9 Å². The van der Waals surface area contributed by atoms with E-state index in [9.17, 15) is 19.7 Å². The van der Waals surface area contributed by atoms with Crippen LogP contribution in [-0.4, -0.2) is 37.0 Å². The lowest BCUT2D eigenvalue weighted by molar-refractivity contribution is -0.135. The summed E-state index contributed by atoms with van der Waals surface area (Å²) in [4.78, 5) is 10.6. The molecule has 38 heavy (non-hydrogen) atoms. The highest BCUT2D eigenvalue weighted by atomic mass is 32.2. The first-order valence-corrected chi connectivity index (χ1v) is 12.9. The molecule has 194 valence electrons. The Labute approximate surface area is 223 Å². The Morgan fingerprint density at radius 3 is 2.50 bits per heavy atom. The first-order valence-electron chi connectivity index (χ1n) is 12.1. The number of hydrogen-bond donors (Lipinski definition) is 2. The van der Waals surface area contributed by atoms with Gasteiger partial charge in [0.05, 0.1) is 41.6 Å². The number of nitrogens with zero attached hydrogens (tertiary/aromatic N) is 6. The highest BCUT2D eigenvalue weighted by Crippen LogP contribution is 2.38. The van der Waals surface area contributed by atoms with E-state index in [1.165, 1.54) is 49.4 Å². The molecular formula is C27H26FN7O2S. The van der Waals surface area contributed by atoms with Crippen LogP contribution in [0.25, 0.3) is 16.6 Å². The summed E-state index contributed by atoms with van der Waals surface area (Å²) in [6, 6.07) is 10.8. The molecule has 9 nitrogen and oxygen atoms in total. The average molecular weight is 532 g/mol. The minimum Gasteiger partial charge on any atom is -0.480 e. The minimum absolute atomic E-state index is 0.253. The van der Waals surface area contributed by atoms with E-state index >= 15 is 0 Å². The number of hydrogen-bond acceptors (Lipinski definition) is 7. The number of carboxylic acid groups (broad SMARTS) is 1. The number of nitrogens with two attached hydrogens (primary N) is 1. The molecule has 1 aromatic carbocycles. The number of rotatable bonds is 5. The normalized spacial score (nSPS) is 13.4. The number of halogens is 1. The van der Waals surface area contributed by atoms with E-state index in [4.69, 9.17) is 10.2 Å². The van der Waals surface area contributed by atoms with E-state index < -0.39 is 11.8 Å². The third kappa shape index (κ3) is 5.70. The number of carbonyl (C=O) groups is 1. The van der Waals surface area contributed by atoms with Gasteiger partial charge < -0.3 is 10.8 Å². The summed E-state index contributed by atoms with van der Waals surface area (Å²) in [5, 5.41) is 35.8. The van der Waals surface area contributed by atoms with Crippen molar-refractivity contribution in [1.29, 1.82) is 10.5 Å². The second-order valence-corrected chi connectivity index (χ2v) is 9.97. The molecule has 1 fully saturated rings. The maximum atomic E-state index is 13.7. The predicted molar refractivity (Wildman–Crippen MR) is 140 cm³/mol. The lowest BCUT2D eigenvalue weighted by atomic mass is 9.95. The molecule has 0 unspecified atom stereocenters. The lowest BCUT2D eigenvalue weighted by Gasteiger charge is -2.23. The molecule has 4 aromatic rings. The number of nitriles is 2. The van der Waals surface area contributed by atoms with Crippen LogP contribution in [0.2, 0.25) is 0 Å². The molecular weight excluding hydrogens is 505 g/mol. The summed E-state index contributed by atoms with van der Waals surface area (Å²) in [7, 11) is 0. The number of aromatic nitrogens is 4. The minimum atomic E-state index is -0.968. The van der Waals surface area contributed by atoms with E-state index in [2.05, 4.69) is 34.6 Å². The molecule has 3 aromatic heterocycles. The molecule has 1 aliphatic rings. The Morgan fingerprint density at radius 2 is 1.84 bits per heavy atom. The summed E-state index contributed by atoms with van der Waals surface area (Å²) >= 11 is 1.33. The smallest absolute Gasteiger partial charge is 0.317 e. The van der Waals surface area contributed by atoms with Gasteiger partial charge in [-0.2, -0.15) is 20.7 Å². The molecule has 0 aliphatic heterocycles. The van der Waals surface area contributed by atoms with Crippen LogP contribution in [-0.2, 0) is 4.79 Å². The average Bonchev–Trinajstić information content (AvgIpc) is 3.53. The summed E-state index contributed by atoms with van der Waals surface area (Å²) in [5.41, 5.74) is 8.97. The maximum Gasteiger partial charge on any atom is 0.317 e. The summed E-state index contributed by atoms with van der Waals surface area (Å²) < 4.78 is 17.5. The van der Waals surface area contributed by atoms with E-state index in [-0.39, 0.29) is 12.1 Å². The van der Waals surface area contributed by atoms with E-state index in [1.54, 1.807) is 10.6 Å². The van der Waals surface area contributed by atoms with Crippen molar-refractivity contribution in [3.05, 3.63) is 65.5 Å². The quantitative estimate of drug-likeness (QED) is 0.363. The van der Waals surface area contributed by atoms with Crippen molar-refractivity contribution < 1.29 is 14.3 Å². The fourth-order valence-electron chi connectivity index (χ4n) is 4.59. The number of pyridine rings is 1. The van der Waals surface area contributed by atoms with Crippen LogP contribution in [0.1, 0.15) is 55.0 Å². The fraction of sp³-hybridized carbons (Fsp3) is 0.296. The van der Waals surface area contributed by atoms with Gasteiger partial charge >= 0.3 is 5.97 Å². The maximum absolute atomic E-state index is 13.7. The highest BCUT2D eigenvalue weighted by molar-refractivity contribution is 7.99. The standard InChI is InChI=1S/C25H21FN6S.C2H5NO2/c1-16-22(14-30-32(16)21-5-3-2-4-6-21)18-10-24(25-19(12-28)13-29-31(25)15-18)33-23-8-7-20(26)9-17(23)11-27;3-1-2(4)5/h7-10,13-15,21H,2-6H2,1H3;1,3H2,(H,4,5). The molecule has 0 amide bonds. The fourth-order valence-corrected chi connectivity index (χ4v) is 5.66. The molecule has 0 atom stereocenters. The van der Waals surface area contributed by atoms with Gasteiger partial charge in [-0.15, -0.1) is 0 Å². The van der Waals surface area contributed by atoms with Crippen LogP contribution in [0.15, 0.2) is 52.6 Å². The van der Waals surface area contributed by atoms with Crippen LogP contribution >= 0.6 is 11.8 Å². The SMILES string of the molecule is Cc1c(-c2cc(Sc3ccc(F)cc3C#N)c3c(C#N)cnn3c2)cnn1C1CCCCC1.NCC(=O)O. The zero-order valence-corrected chi connectivity index (χ0v) is 21.6. The van der Waals surface area contributed by atoms with Gasteiger partial charge in [0.1, 0.15) is 18.0 Å². The Bertz CT molecular complexity index is 1560. The molecule has 0 saturated heterocycles. The van der Waals surface area contributed by atoms with Crippen molar-refractivity contribution in [2.24, 2.45) is 5.73 Å². The lowest BCUT2D eigenvalue weighted by Crippen LogP contribution is -2.15. The Balaban J connectivity index is 0.000000617. The molecule has 1 aliphatic carbocycles. The molecule has 11 heteroatoms. The highest BCUT2D eigenvalue weighted by Gasteiger charge is 2.21. The van der Waals surface area contributed by atoms with Crippen LogP contribution in [0.5, 0.6) is 0 Å². The second-order valence-electron chi connectivity index (χ2n) is 8.89. The van der Waals surface area contributed by atoms with Gasteiger partial charge in [0.25, 0.3) is 0 Å². The zero-order chi connectivity index (χ0) is 27.2. The second kappa shape index (κ2) is 11.9. The van der Waals surface area contributed by atoms with Crippen LogP contribution in [0.3, 0.4) is 0 Å². The van der Waals surface area contributed by atoms with E-state index in [0.29, 0.717) is 22.0 Å². The van der Waals surface area contributed by atoms with Gasteiger partial charge in [-0.3, -0.25) is 9.48 Å². The monoisotopic (exact) mass is 531 g/mol.